The minimum atomic E-state index is -0.460. The predicted molar refractivity (Wildman–Crippen MR) is 209 cm³/mol. The van der Waals surface area contributed by atoms with Gasteiger partial charge in [-0.15, -0.1) is 0 Å². The van der Waals surface area contributed by atoms with Gasteiger partial charge in [0.25, 0.3) is 0 Å². The second kappa shape index (κ2) is 10.8. The minimum absolute atomic E-state index is 0.460. The molecule has 0 spiro atoms. The van der Waals surface area contributed by atoms with Crippen LogP contribution in [0.4, 0.5) is 0 Å². The van der Waals surface area contributed by atoms with E-state index < -0.39 is 6.29 Å². The molecule has 1 aliphatic heterocycles. The molecule has 1 atom stereocenters. The Morgan fingerprint density at radius 1 is 0.451 bits per heavy atom. The molecule has 51 heavy (non-hydrogen) atoms. The standard InChI is InChI=1S/C44H29N7/c1-6-16-36-30(11-1)31-12-2-7-17-37(31)49(36)29-21-22-41-35(27-29)34-15-5-10-20-40(34)51(41)44-47-42(28-23-25-45-26-24-28)46-43(48-44)50-38-18-8-3-13-32(38)33-14-4-9-19-39(33)50/h1-27,43H,(H,46,47,48). The van der Waals surface area contributed by atoms with Gasteiger partial charge in [-0.05, 0) is 60.7 Å². The second-order valence-electron chi connectivity index (χ2n) is 13.0. The van der Waals surface area contributed by atoms with Crippen LogP contribution in [0.2, 0.25) is 0 Å². The summed E-state index contributed by atoms with van der Waals surface area (Å²) in [4.78, 5) is 14.9. The van der Waals surface area contributed by atoms with Crippen LogP contribution in [0.25, 0.3) is 71.1 Å². The number of nitrogens with one attached hydrogen (secondary N) is 1. The maximum atomic E-state index is 5.42. The first-order valence-electron chi connectivity index (χ1n) is 17.1. The Balaban J connectivity index is 1.17. The van der Waals surface area contributed by atoms with Crippen LogP contribution in [0.3, 0.4) is 0 Å². The molecule has 4 aromatic heterocycles. The van der Waals surface area contributed by atoms with Crippen molar-refractivity contribution in [1.29, 1.82) is 0 Å². The van der Waals surface area contributed by atoms with E-state index in [0.717, 1.165) is 49.9 Å². The van der Waals surface area contributed by atoms with Gasteiger partial charge in [-0.1, -0.05) is 91.0 Å². The van der Waals surface area contributed by atoms with Gasteiger partial charge in [0.05, 0.1) is 33.1 Å². The second-order valence-corrected chi connectivity index (χ2v) is 13.0. The predicted octanol–water partition coefficient (Wildman–Crippen LogP) is 9.80. The molecule has 0 bridgehead atoms. The normalized spacial score (nSPS) is 14.9. The van der Waals surface area contributed by atoms with Gasteiger partial charge in [0.2, 0.25) is 12.2 Å². The van der Waals surface area contributed by atoms with Crippen molar-refractivity contribution in [2.24, 2.45) is 9.98 Å². The third-order valence-electron chi connectivity index (χ3n) is 10.2. The molecule has 0 saturated carbocycles. The van der Waals surface area contributed by atoms with Crippen LogP contribution < -0.4 is 5.32 Å². The Morgan fingerprint density at radius 2 is 0.922 bits per heavy atom. The molecule has 10 aromatic rings. The van der Waals surface area contributed by atoms with Gasteiger partial charge in [-0.2, -0.15) is 4.99 Å². The summed E-state index contributed by atoms with van der Waals surface area (Å²) in [7, 11) is 0. The number of fused-ring (bicyclic) bond motifs is 9. The topological polar surface area (TPSA) is 64.4 Å². The zero-order chi connectivity index (χ0) is 33.5. The Hall–Kier alpha value is -6.99. The number of para-hydroxylation sites is 5. The van der Waals surface area contributed by atoms with Crippen molar-refractivity contribution in [3.8, 4) is 5.69 Å². The van der Waals surface area contributed by atoms with Gasteiger partial charge >= 0.3 is 0 Å². The maximum absolute atomic E-state index is 5.42. The van der Waals surface area contributed by atoms with Crippen molar-refractivity contribution < 1.29 is 0 Å². The molecule has 1 unspecified atom stereocenters. The number of aromatic nitrogens is 4. The molecule has 7 nitrogen and oxygen atoms in total. The summed E-state index contributed by atoms with van der Waals surface area (Å²) < 4.78 is 6.87. The maximum Gasteiger partial charge on any atom is 0.235 e. The molecular weight excluding hydrogens is 627 g/mol. The smallest absolute Gasteiger partial charge is 0.235 e. The number of benzene rings is 6. The fraction of sp³-hybridized carbons (Fsp3) is 0.0227. The van der Waals surface area contributed by atoms with E-state index in [0.29, 0.717) is 5.96 Å². The molecule has 1 N–H and O–H groups in total. The summed E-state index contributed by atoms with van der Waals surface area (Å²) in [6.07, 6.45) is 3.15. The SMILES string of the molecule is c1ccc2c(c1)c1cc(-n3c4ccccc4c4ccccc43)ccc1n2C1=NC(n2c3ccccc3c3ccccc32)NC(c2ccncc2)=N1. The molecule has 0 radical (unpaired) electrons. The molecule has 1 aliphatic rings. The summed E-state index contributed by atoms with van der Waals surface area (Å²) in [5, 5.41) is 10.8. The highest BCUT2D eigenvalue weighted by Gasteiger charge is 2.26. The highest BCUT2D eigenvalue weighted by molar-refractivity contribution is 6.18. The quantitative estimate of drug-likeness (QED) is 0.206. The first-order chi connectivity index (χ1) is 25.3. The van der Waals surface area contributed by atoms with Crippen LogP contribution in [-0.2, 0) is 0 Å². The fourth-order valence-corrected chi connectivity index (χ4v) is 8.05. The molecule has 6 aromatic carbocycles. The van der Waals surface area contributed by atoms with Crippen molar-refractivity contribution >= 4 is 77.2 Å². The van der Waals surface area contributed by atoms with Crippen LogP contribution in [0.5, 0.6) is 0 Å². The molecule has 7 heteroatoms. The average molecular weight is 656 g/mol. The lowest BCUT2D eigenvalue weighted by atomic mass is 10.1. The summed E-state index contributed by atoms with van der Waals surface area (Å²) >= 11 is 0. The van der Waals surface area contributed by atoms with E-state index in [9.17, 15) is 0 Å². The molecule has 0 saturated heterocycles. The highest BCUT2D eigenvalue weighted by Crippen LogP contribution is 2.37. The number of hydrogen-bond acceptors (Lipinski definition) is 4. The summed E-state index contributed by atoms with van der Waals surface area (Å²) in [6, 6.07) is 53.6. The Morgan fingerprint density at radius 3 is 1.51 bits per heavy atom. The number of hydrogen-bond donors (Lipinski definition) is 1. The van der Waals surface area contributed by atoms with Crippen molar-refractivity contribution in [1.82, 2.24) is 24.0 Å². The monoisotopic (exact) mass is 655 g/mol. The van der Waals surface area contributed by atoms with Gasteiger partial charge in [0.15, 0.2) is 0 Å². The van der Waals surface area contributed by atoms with Gasteiger partial charge in [-0.3, -0.25) is 9.55 Å². The van der Waals surface area contributed by atoms with Crippen molar-refractivity contribution in [3.63, 3.8) is 0 Å². The molecule has 0 amide bonds. The molecular formula is C44H29N7. The van der Waals surface area contributed by atoms with Crippen LogP contribution in [-0.4, -0.2) is 30.5 Å². The first-order valence-corrected chi connectivity index (χ1v) is 17.1. The lowest BCUT2D eigenvalue weighted by Gasteiger charge is -2.26. The van der Waals surface area contributed by atoms with E-state index in [2.05, 4.69) is 164 Å². The van der Waals surface area contributed by atoms with Crippen molar-refractivity contribution in [2.75, 3.05) is 0 Å². The van der Waals surface area contributed by atoms with Crippen LogP contribution >= 0.6 is 0 Å². The molecule has 240 valence electrons. The Kier molecular flexibility index (Phi) is 5.89. The lowest BCUT2D eigenvalue weighted by molar-refractivity contribution is 0.513. The Bertz CT molecular complexity index is 2960. The fourth-order valence-electron chi connectivity index (χ4n) is 8.05. The van der Waals surface area contributed by atoms with Gasteiger partial charge in [0.1, 0.15) is 5.84 Å². The minimum Gasteiger partial charge on any atom is -0.330 e. The van der Waals surface area contributed by atoms with Crippen molar-refractivity contribution in [3.05, 3.63) is 170 Å². The third-order valence-corrected chi connectivity index (χ3v) is 10.2. The van der Waals surface area contributed by atoms with Gasteiger partial charge < -0.3 is 14.5 Å². The summed E-state index contributed by atoms with van der Waals surface area (Å²) in [5.41, 5.74) is 8.72. The van der Waals surface area contributed by atoms with E-state index >= 15 is 0 Å². The van der Waals surface area contributed by atoms with Crippen LogP contribution in [0.1, 0.15) is 11.9 Å². The number of nitrogens with zero attached hydrogens (tertiary/aromatic N) is 6. The average Bonchev–Trinajstić information content (AvgIpc) is 3.84. The number of pyridine rings is 1. The lowest BCUT2D eigenvalue weighted by Crippen LogP contribution is -2.37. The highest BCUT2D eigenvalue weighted by atomic mass is 15.4. The zero-order valence-corrected chi connectivity index (χ0v) is 27.3. The van der Waals surface area contributed by atoms with E-state index in [-0.39, 0.29) is 0 Å². The number of rotatable bonds is 3. The van der Waals surface area contributed by atoms with E-state index in [1.165, 1.54) is 32.6 Å². The largest absolute Gasteiger partial charge is 0.330 e. The van der Waals surface area contributed by atoms with E-state index in [1.54, 1.807) is 12.4 Å². The molecule has 0 fully saturated rings. The van der Waals surface area contributed by atoms with Crippen LogP contribution in [0, 0.1) is 0 Å². The van der Waals surface area contributed by atoms with Crippen molar-refractivity contribution in [2.45, 2.75) is 6.29 Å². The first kappa shape index (κ1) is 27.9. The third kappa shape index (κ3) is 4.09. The molecule has 0 aliphatic carbocycles. The number of amidine groups is 1. The van der Waals surface area contributed by atoms with E-state index in [1.807, 2.05) is 12.1 Å². The summed E-state index contributed by atoms with van der Waals surface area (Å²) in [5.74, 6) is 1.35. The van der Waals surface area contributed by atoms with E-state index in [4.69, 9.17) is 9.98 Å². The molecule has 11 rings (SSSR count). The van der Waals surface area contributed by atoms with Gasteiger partial charge in [-0.25, -0.2) is 4.99 Å². The summed E-state index contributed by atoms with van der Waals surface area (Å²) in [6.45, 7) is 0. The zero-order valence-electron chi connectivity index (χ0n) is 27.3. The molecule has 5 heterocycles. The van der Waals surface area contributed by atoms with Crippen LogP contribution in [0.15, 0.2) is 174 Å². The number of aliphatic imine (C=N–C) groups is 2. The Labute approximate surface area is 292 Å². The van der Waals surface area contributed by atoms with Gasteiger partial charge in [0, 0.05) is 56.0 Å².